The number of hydrogen-bond acceptors (Lipinski definition) is 2. The number of aliphatic hydroxyl groups is 1. The van der Waals surface area contributed by atoms with Gasteiger partial charge in [0.2, 0.25) is 0 Å². The Bertz CT molecular complexity index is 391. The Morgan fingerprint density at radius 1 is 0.857 bits per heavy atom. The van der Waals surface area contributed by atoms with Gasteiger partial charge in [0, 0.05) is 6.61 Å². The van der Waals surface area contributed by atoms with E-state index in [0.29, 0.717) is 16.7 Å². The van der Waals surface area contributed by atoms with Crippen molar-refractivity contribution in [2.75, 3.05) is 6.61 Å². The van der Waals surface area contributed by atoms with Crippen LogP contribution >= 0.6 is 0 Å². The molecular weight excluding hydrogens is 260 g/mol. The molecular formula is C19H34O2. The molecule has 5 unspecified atom stereocenters. The van der Waals surface area contributed by atoms with Crippen LogP contribution in [-0.2, 0) is 4.74 Å². The lowest BCUT2D eigenvalue weighted by Gasteiger charge is -2.62. The van der Waals surface area contributed by atoms with E-state index in [-0.39, 0.29) is 11.7 Å². The lowest BCUT2D eigenvalue weighted by atomic mass is 9.45. The molecule has 21 heavy (non-hydrogen) atoms. The summed E-state index contributed by atoms with van der Waals surface area (Å²) in [7, 11) is 0. The predicted octanol–water partition coefficient (Wildman–Crippen LogP) is 4.55. The Hall–Kier alpha value is -0.0800. The first kappa shape index (κ1) is 15.8. The summed E-state index contributed by atoms with van der Waals surface area (Å²) in [6, 6.07) is 0. The highest BCUT2D eigenvalue weighted by Crippen LogP contribution is 2.63. The highest BCUT2D eigenvalue weighted by Gasteiger charge is 2.58. The van der Waals surface area contributed by atoms with Gasteiger partial charge in [0.1, 0.15) is 0 Å². The molecule has 5 atom stereocenters. The molecule has 1 heterocycles. The zero-order chi connectivity index (χ0) is 15.3. The molecule has 0 aromatic heterocycles. The normalized spacial score (nSPS) is 50.4. The van der Waals surface area contributed by atoms with Crippen molar-refractivity contribution >= 4 is 0 Å². The van der Waals surface area contributed by atoms with Crippen LogP contribution in [0.2, 0.25) is 0 Å². The summed E-state index contributed by atoms with van der Waals surface area (Å²) >= 11 is 0. The van der Waals surface area contributed by atoms with Gasteiger partial charge in [-0.3, -0.25) is 0 Å². The van der Waals surface area contributed by atoms with Crippen molar-refractivity contribution in [2.24, 2.45) is 22.7 Å². The minimum absolute atomic E-state index is 0.0405. The van der Waals surface area contributed by atoms with Crippen molar-refractivity contribution < 1.29 is 9.84 Å². The van der Waals surface area contributed by atoms with Crippen LogP contribution in [0, 0.1) is 22.7 Å². The first-order chi connectivity index (χ1) is 9.78. The molecule has 122 valence electrons. The van der Waals surface area contributed by atoms with Gasteiger partial charge in [0.15, 0.2) is 0 Å². The van der Waals surface area contributed by atoms with Crippen molar-refractivity contribution in [2.45, 2.75) is 90.8 Å². The fraction of sp³-hybridized carbons (Fsp3) is 1.00. The minimum Gasteiger partial charge on any atom is -0.393 e. The van der Waals surface area contributed by atoms with Crippen LogP contribution in [0.4, 0.5) is 0 Å². The third kappa shape index (κ3) is 2.57. The average molecular weight is 294 g/mol. The molecule has 2 saturated carbocycles. The monoisotopic (exact) mass is 294 g/mol. The minimum atomic E-state index is -0.157. The second-order valence-corrected chi connectivity index (χ2v) is 9.17. The maximum atomic E-state index is 10.1. The molecule has 1 aliphatic heterocycles. The molecule has 1 saturated heterocycles. The van der Waals surface area contributed by atoms with E-state index >= 15 is 0 Å². The molecule has 3 fully saturated rings. The van der Waals surface area contributed by atoms with Crippen LogP contribution in [0.3, 0.4) is 0 Å². The summed E-state index contributed by atoms with van der Waals surface area (Å²) in [5, 5.41) is 10.1. The molecule has 3 rings (SSSR count). The first-order valence-corrected chi connectivity index (χ1v) is 9.10. The summed E-state index contributed by atoms with van der Waals surface area (Å²) < 4.78 is 6.37. The first-order valence-electron chi connectivity index (χ1n) is 9.10. The Kier molecular flexibility index (Phi) is 3.94. The molecule has 2 heteroatoms. The second kappa shape index (κ2) is 5.23. The Morgan fingerprint density at radius 2 is 1.62 bits per heavy atom. The van der Waals surface area contributed by atoms with E-state index in [1.165, 1.54) is 32.1 Å². The van der Waals surface area contributed by atoms with E-state index in [4.69, 9.17) is 4.74 Å². The van der Waals surface area contributed by atoms with Crippen LogP contribution in [0.15, 0.2) is 0 Å². The van der Waals surface area contributed by atoms with Crippen molar-refractivity contribution in [3.8, 4) is 0 Å². The van der Waals surface area contributed by atoms with Crippen molar-refractivity contribution in [1.82, 2.24) is 0 Å². The predicted molar refractivity (Wildman–Crippen MR) is 86.2 cm³/mol. The Balaban J connectivity index is 1.93. The van der Waals surface area contributed by atoms with Crippen molar-refractivity contribution in [3.63, 3.8) is 0 Å². The fourth-order valence-corrected chi connectivity index (χ4v) is 6.35. The van der Waals surface area contributed by atoms with Gasteiger partial charge >= 0.3 is 0 Å². The third-order valence-corrected chi connectivity index (χ3v) is 7.41. The van der Waals surface area contributed by atoms with Gasteiger partial charge in [0.05, 0.1) is 11.7 Å². The van der Waals surface area contributed by atoms with Crippen LogP contribution < -0.4 is 0 Å². The van der Waals surface area contributed by atoms with Crippen LogP contribution in [-0.4, -0.2) is 23.4 Å². The highest BCUT2D eigenvalue weighted by molar-refractivity contribution is 5.08. The quantitative estimate of drug-likeness (QED) is 0.710. The maximum Gasteiger partial charge on any atom is 0.0688 e. The van der Waals surface area contributed by atoms with Crippen LogP contribution in [0.1, 0.15) is 79.1 Å². The van der Waals surface area contributed by atoms with Gasteiger partial charge in [0.25, 0.3) is 0 Å². The number of rotatable bonds is 0. The Morgan fingerprint density at radius 3 is 2.38 bits per heavy atom. The molecule has 0 spiro atoms. The second-order valence-electron chi connectivity index (χ2n) is 9.17. The van der Waals surface area contributed by atoms with Gasteiger partial charge in [-0.15, -0.1) is 0 Å². The third-order valence-electron chi connectivity index (χ3n) is 7.41. The standard InChI is InChI=1S/C19H34O2/c1-17(2)10-5-11-18(3)15(17)8-12-19(4)16(18)7-6-14(20)9-13-21-19/h14-16,20H,5-13H2,1-4H3. The molecule has 2 aliphatic carbocycles. The molecule has 1 N–H and O–H groups in total. The summed E-state index contributed by atoms with van der Waals surface area (Å²) in [6.07, 6.45) is 9.36. The summed E-state index contributed by atoms with van der Waals surface area (Å²) in [5.74, 6) is 1.43. The zero-order valence-electron chi connectivity index (χ0n) is 14.5. The molecule has 2 nitrogen and oxygen atoms in total. The zero-order valence-corrected chi connectivity index (χ0v) is 14.5. The number of aliphatic hydroxyl groups excluding tert-OH is 1. The van der Waals surface area contributed by atoms with E-state index in [1.54, 1.807) is 0 Å². The fourth-order valence-electron chi connectivity index (χ4n) is 6.35. The molecule has 0 aromatic rings. The van der Waals surface area contributed by atoms with Crippen molar-refractivity contribution in [1.29, 1.82) is 0 Å². The Labute approximate surface area is 130 Å². The summed E-state index contributed by atoms with van der Waals surface area (Å²) in [4.78, 5) is 0. The van der Waals surface area contributed by atoms with Crippen LogP contribution in [0.5, 0.6) is 0 Å². The molecule has 0 amide bonds. The molecule has 3 aliphatic rings. The highest BCUT2D eigenvalue weighted by atomic mass is 16.5. The van der Waals surface area contributed by atoms with Gasteiger partial charge in [-0.1, -0.05) is 27.2 Å². The van der Waals surface area contributed by atoms with Crippen molar-refractivity contribution in [3.05, 3.63) is 0 Å². The van der Waals surface area contributed by atoms with Gasteiger partial charge in [-0.05, 0) is 74.5 Å². The lowest BCUT2D eigenvalue weighted by Crippen LogP contribution is -2.59. The van der Waals surface area contributed by atoms with Gasteiger partial charge in [-0.2, -0.15) is 0 Å². The van der Waals surface area contributed by atoms with E-state index in [0.717, 1.165) is 31.8 Å². The van der Waals surface area contributed by atoms with E-state index in [1.807, 2.05) is 0 Å². The SMILES string of the molecule is CC1(C)CCCC2(C)C1CCC1(C)OCCC(O)CCC12. The number of fused-ring (bicyclic) bond motifs is 3. The number of hydrogen-bond donors (Lipinski definition) is 1. The average Bonchev–Trinajstić information content (AvgIpc) is 2.34. The topological polar surface area (TPSA) is 29.5 Å². The number of ether oxygens (including phenoxy) is 1. The largest absolute Gasteiger partial charge is 0.393 e. The molecule has 0 bridgehead atoms. The van der Waals surface area contributed by atoms with E-state index in [2.05, 4.69) is 27.7 Å². The van der Waals surface area contributed by atoms with Gasteiger partial charge < -0.3 is 9.84 Å². The molecule has 0 aromatic carbocycles. The smallest absolute Gasteiger partial charge is 0.0688 e. The molecule has 0 radical (unpaired) electrons. The summed E-state index contributed by atoms with van der Waals surface area (Å²) in [6.45, 7) is 10.6. The maximum absolute atomic E-state index is 10.1. The van der Waals surface area contributed by atoms with E-state index in [9.17, 15) is 5.11 Å². The lowest BCUT2D eigenvalue weighted by molar-refractivity contribution is -0.202. The van der Waals surface area contributed by atoms with Crippen LogP contribution in [0.25, 0.3) is 0 Å². The van der Waals surface area contributed by atoms with Gasteiger partial charge in [-0.25, -0.2) is 0 Å². The summed E-state index contributed by atoms with van der Waals surface area (Å²) in [5.41, 5.74) is 0.903. The van der Waals surface area contributed by atoms with E-state index < -0.39 is 0 Å².